The number of rotatable bonds is 6. The second-order valence-corrected chi connectivity index (χ2v) is 10.5. The number of thioether (sulfide) groups is 1. The van der Waals surface area contributed by atoms with Gasteiger partial charge in [-0.25, -0.2) is 4.39 Å². The Morgan fingerprint density at radius 2 is 1.88 bits per heavy atom. The number of halogens is 1. The third-order valence-corrected chi connectivity index (χ3v) is 7.72. The van der Waals surface area contributed by atoms with Gasteiger partial charge < -0.3 is 0 Å². The van der Waals surface area contributed by atoms with Crippen LogP contribution < -0.4 is 0 Å². The van der Waals surface area contributed by atoms with Gasteiger partial charge in [0.15, 0.2) is 10.9 Å². The molecule has 1 aromatic heterocycles. The van der Waals surface area contributed by atoms with Crippen molar-refractivity contribution in [2.75, 3.05) is 13.1 Å². The molecular weight excluding hydrogens is 447 g/mol. The van der Waals surface area contributed by atoms with E-state index in [1.54, 1.807) is 25.1 Å². The number of benzene rings is 2. The summed E-state index contributed by atoms with van der Waals surface area (Å²) in [5, 5.41) is 1.15. The van der Waals surface area contributed by atoms with Gasteiger partial charge in [0, 0.05) is 48.3 Å². The fraction of sp³-hybridized carbons (Fsp3) is 0.321. The van der Waals surface area contributed by atoms with Gasteiger partial charge >= 0.3 is 0 Å². The number of ketones is 1. The number of fused-ring (bicyclic) bond motifs is 1. The fourth-order valence-corrected chi connectivity index (χ4v) is 5.69. The summed E-state index contributed by atoms with van der Waals surface area (Å²) >= 11 is 1.33. The summed E-state index contributed by atoms with van der Waals surface area (Å²) in [5.74, 6) is -0.216. The molecule has 0 N–H and O–H groups in total. The minimum Gasteiger partial charge on any atom is -0.297 e. The van der Waals surface area contributed by atoms with Crippen LogP contribution in [0.3, 0.4) is 0 Å². The number of likely N-dealkylation sites (tertiary alicyclic amines) is 1. The van der Waals surface area contributed by atoms with Crippen molar-refractivity contribution >= 4 is 39.6 Å². The maximum Gasteiger partial charge on any atom is 0.186 e. The van der Waals surface area contributed by atoms with E-state index in [0.717, 1.165) is 41.3 Å². The summed E-state index contributed by atoms with van der Waals surface area (Å²) < 4.78 is 14.8. The van der Waals surface area contributed by atoms with Gasteiger partial charge in [0.05, 0.1) is 11.6 Å². The number of hydrogen-bond acceptors (Lipinski definition) is 5. The second-order valence-electron chi connectivity index (χ2n) is 9.14. The third-order valence-electron chi connectivity index (χ3n) is 6.56. The molecule has 2 unspecified atom stereocenters. The molecule has 1 saturated carbocycles. The van der Waals surface area contributed by atoms with Crippen LogP contribution in [0.4, 0.5) is 4.39 Å². The quantitative estimate of drug-likeness (QED) is 0.450. The Hall–Kier alpha value is -2.83. The van der Waals surface area contributed by atoms with E-state index in [2.05, 4.69) is 22.0 Å². The van der Waals surface area contributed by atoms with Crippen LogP contribution in [0, 0.1) is 11.7 Å². The molecule has 6 heteroatoms. The number of piperidine rings is 1. The molecule has 0 radical (unpaired) electrons. The fourth-order valence-electron chi connectivity index (χ4n) is 4.78. The molecule has 2 fully saturated rings. The van der Waals surface area contributed by atoms with Crippen molar-refractivity contribution < 1.29 is 14.0 Å². The molecule has 0 spiro atoms. The molecule has 2 atom stereocenters. The molecule has 2 aromatic carbocycles. The van der Waals surface area contributed by atoms with Gasteiger partial charge in [-0.15, -0.1) is 0 Å². The largest absolute Gasteiger partial charge is 0.297 e. The topological polar surface area (TPSA) is 50.3 Å². The average Bonchev–Trinajstić information content (AvgIpc) is 3.67. The van der Waals surface area contributed by atoms with Crippen LogP contribution in [0.15, 0.2) is 66.4 Å². The van der Waals surface area contributed by atoms with E-state index in [1.165, 1.54) is 17.8 Å². The highest BCUT2D eigenvalue weighted by Crippen LogP contribution is 2.40. The van der Waals surface area contributed by atoms with Crippen LogP contribution in [0.5, 0.6) is 0 Å². The number of pyridine rings is 1. The van der Waals surface area contributed by atoms with Crippen LogP contribution in [-0.4, -0.2) is 39.1 Å². The predicted octanol–water partition coefficient (Wildman–Crippen LogP) is 5.83. The van der Waals surface area contributed by atoms with E-state index in [-0.39, 0.29) is 27.9 Å². The number of para-hydroxylation sites is 1. The molecule has 1 aliphatic heterocycles. The molecule has 0 bridgehead atoms. The number of Topliss-reactive ketones (excluding diaryl/α,β-unsaturated/α-hetero) is 1. The van der Waals surface area contributed by atoms with E-state index in [1.807, 2.05) is 30.5 Å². The summed E-state index contributed by atoms with van der Waals surface area (Å²) in [4.78, 5) is 32.0. The smallest absolute Gasteiger partial charge is 0.186 e. The summed E-state index contributed by atoms with van der Waals surface area (Å²) in [6, 6.07) is 16.1. The van der Waals surface area contributed by atoms with Gasteiger partial charge in [-0.3, -0.25) is 19.5 Å². The van der Waals surface area contributed by atoms with Crippen molar-refractivity contribution in [3.63, 3.8) is 0 Å². The number of carbonyl (C=O) groups is 2. The Bertz CT molecular complexity index is 1270. The van der Waals surface area contributed by atoms with Gasteiger partial charge in [-0.2, -0.15) is 0 Å². The van der Waals surface area contributed by atoms with Crippen molar-refractivity contribution in [2.45, 2.75) is 37.5 Å². The highest BCUT2D eigenvalue weighted by Gasteiger charge is 2.41. The summed E-state index contributed by atoms with van der Waals surface area (Å²) in [6.45, 7) is 2.73. The first-order chi connectivity index (χ1) is 16.5. The third kappa shape index (κ3) is 4.98. The lowest BCUT2D eigenvalue weighted by Crippen LogP contribution is -2.43. The monoisotopic (exact) mass is 474 g/mol. The van der Waals surface area contributed by atoms with Gasteiger partial charge in [-0.1, -0.05) is 54.2 Å². The molecule has 4 nitrogen and oxygen atoms in total. The number of hydrogen-bond donors (Lipinski definition) is 0. The van der Waals surface area contributed by atoms with Crippen LogP contribution in [0.1, 0.15) is 43.4 Å². The number of nitrogens with zero attached hydrogens (tertiary/aromatic N) is 2. The van der Waals surface area contributed by atoms with E-state index in [0.29, 0.717) is 18.7 Å². The summed E-state index contributed by atoms with van der Waals surface area (Å²) in [6.07, 6.45) is 6.41. The van der Waals surface area contributed by atoms with E-state index in [9.17, 15) is 14.0 Å². The maximum atomic E-state index is 14.8. The molecule has 0 amide bonds. The van der Waals surface area contributed by atoms with Gasteiger partial charge in [-0.05, 0) is 48.6 Å². The molecule has 5 rings (SSSR count). The molecule has 2 heterocycles. The van der Waals surface area contributed by atoms with Gasteiger partial charge in [0.1, 0.15) is 5.82 Å². The Morgan fingerprint density at radius 3 is 2.65 bits per heavy atom. The van der Waals surface area contributed by atoms with Crippen molar-refractivity contribution in [3.05, 3.63) is 83.3 Å². The van der Waals surface area contributed by atoms with Crippen molar-refractivity contribution in [3.8, 4) is 0 Å². The Labute approximate surface area is 203 Å². The minimum atomic E-state index is -0.602. The van der Waals surface area contributed by atoms with Crippen molar-refractivity contribution in [1.82, 2.24) is 9.88 Å². The number of aromatic nitrogens is 1. The molecule has 1 aliphatic carbocycles. The molecule has 3 aromatic rings. The molecule has 174 valence electrons. The highest BCUT2D eigenvalue weighted by atomic mass is 32.2. The van der Waals surface area contributed by atoms with Crippen molar-refractivity contribution in [1.29, 1.82) is 0 Å². The van der Waals surface area contributed by atoms with E-state index < -0.39 is 6.04 Å². The lowest BCUT2D eigenvalue weighted by molar-refractivity contribution is -0.126. The minimum absolute atomic E-state index is 0.0195. The van der Waals surface area contributed by atoms with E-state index in [4.69, 9.17) is 0 Å². The molecule has 2 aliphatic rings. The molecular formula is C28H27FN2O2S. The molecule has 1 saturated heterocycles. The normalized spacial score (nSPS) is 21.0. The second kappa shape index (κ2) is 9.80. The standard InChI is InChI=1S/C28H27FN2O2S/c1-18(32)34-26-12-13-31(27(28(33)20-10-11-20)23-7-3-4-8-24(23)29)17-22(26)15-19-14-21-6-2-5-9-25(21)30-16-19/h2-9,14-16,20,26-27H,10-13,17H2,1H3/b22-15+. The van der Waals surface area contributed by atoms with Gasteiger partial charge in [0.25, 0.3) is 0 Å². The highest BCUT2D eigenvalue weighted by molar-refractivity contribution is 8.14. The van der Waals surface area contributed by atoms with Crippen LogP contribution in [0.25, 0.3) is 17.0 Å². The Kier molecular flexibility index (Phi) is 6.61. The Morgan fingerprint density at radius 1 is 1.12 bits per heavy atom. The first kappa shape index (κ1) is 22.9. The maximum absolute atomic E-state index is 14.8. The Balaban J connectivity index is 1.50. The first-order valence-electron chi connectivity index (χ1n) is 11.7. The van der Waals surface area contributed by atoms with Crippen molar-refractivity contribution in [2.24, 2.45) is 5.92 Å². The van der Waals surface area contributed by atoms with Crippen LogP contribution in [0.2, 0.25) is 0 Å². The molecule has 34 heavy (non-hydrogen) atoms. The predicted molar refractivity (Wildman–Crippen MR) is 135 cm³/mol. The van der Waals surface area contributed by atoms with Gasteiger partial charge in [0.2, 0.25) is 0 Å². The summed E-state index contributed by atoms with van der Waals surface area (Å²) in [5.41, 5.74) is 3.40. The van der Waals surface area contributed by atoms with Crippen LogP contribution >= 0.6 is 11.8 Å². The number of carbonyl (C=O) groups excluding carboxylic acids is 2. The zero-order chi connectivity index (χ0) is 23.7. The summed E-state index contributed by atoms with van der Waals surface area (Å²) in [7, 11) is 0. The van der Waals surface area contributed by atoms with Crippen LogP contribution in [-0.2, 0) is 9.59 Å². The average molecular weight is 475 g/mol. The zero-order valence-electron chi connectivity index (χ0n) is 19.1. The van der Waals surface area contributed by atoms with E-state index >= 15 is 0 Å². The first-order valence-corrected chi connectivity index (χ1v) is 12.6. The lowest BCUT2D eigenvalue weighted by atomic mass is 9.93. The SMILES string of the molecule is CC(=O)SC1CCN(C(C(=O)C2CC2)c2ccccc2F)C/C1=C\c1cnc2ccccc2c1. The lowest BCUT2D eigenvalue weighted by Gasteiger charge is -2.38. The zero-order valence-corrected chi connectivity index (χ0v) is 19.9.